The smallest absolute Gasteiger partial charge is 0.146 e. The zero-order chi connectivity index (χ0) is 21.8. The molecule has 176 valence electrons. The summed E-state index contributed by atoms with van der Waals surface area (Å²) in [5.74, 6) is 0.366. The van der Waals surface area contributed by atoms with Crippen molar-refractivity contribution >= 4 is 5.78 Å². The van der Waals surface area contributed by atoms with E-state index in [1.54, 1.807) is 0 Å². The van der Waals surface area contributed by atoms with Crippen LogP contribution in [-0.4, -0.2) is 18.9 Å². The largest absolute Gasteiger partial charge is 0.310 e. The van der Waals surface area contributed by atoms with E-state index in [-0.39, 0.29) is 0 Å². The van der Waals surface area contributed by atoms with Crippen LogP contribution in [0.5, 0.6) is 0 Å². The summed E-state index contributed by atoms with van der Waals surface area (Å²) < 4.78 is 0. The summed E-state index contributed by atoms with van der Waals surface area (Å²) in [5, 5.41) is 3.22. The van der Waals surface area contributed by atoms with Gasteiger partial charge in [0.25, 0.3) is 0 Å². The number of unbranched alkanes of at least 4 members (excludes halogenated alkanes) is 16. The zero-order valence-corrected chi connectivity index (χ0v) is 21.0. The summed E-state index contributed by atoms with van der Waals surface area (Å²) in [6.07, 6.45) is 26.8. The lowest BCUT2D eigenvalue weighted by Gasteiger charge is -2.03. The Morgan fingerprint density at radius 2 is 0.828 bits per heavy atom. The lowest BCUT2D eigenvalue weighted by molar-refractivity contribution is -0.118. The molecule has 2 nitrogen and oxygen atoms in total. The van der Waals surface area contributed by atoms with Gasteiger partial charge in [0, 0.05) is 6.42 Å². The topological polar surface area (TPSA) is 29.1 Å². The third-order valence-corrected chi connectivity index (χ3v) is 5.55. The van der Waals surface area contributed by atoms with Gasteiger partial charge in [0.15, 0.2) is 0 Å². The highest BCUT2D eigenvalue weighted by Crippen LogP contribution is 2.11. The van der Waals surface area contributed by atoms with Gasteiger partial charge in [0.05, 0.1) is 6.54 Å². The molecule has 0 bridgehead atoms. The maximum absolute atomic E-state index is 11.3. The number of hydrogen-bond donors (Lipinski definition) is 1. The normalized spacial score (nSPS) is 10.6. The van der Waals surface area contributed by atoms with E-state index in [2.05, 4.69) is 33.0 Å². The van der Waals surface area contributed by atoms with Crippen molar-refractivity contribution in [3.8, 4) is 0 Å². The van der Waals surface area contributed by atoms with Crippen LogP contribution >= 0.6 is 0 Å². The Bertz CT molecular complexity index is 278. The number of carbonyl (C=O) groups excluding carboxylic acids is 1. The maximum Gasteiger partial charge on any atom is 0.146 e. The van der Waals surface area contributed by atoms with E-state index in [4.69, 9.17) is 0 Å². The molecule has 0 saturated heterocycles. The van der Waals surface area contributed by atoms with Crippen molar-refractivity contribution in [2.75, 3.05) is 13.1 Å². The van der Waals surface area contributed by atoms with E-state index in [0.717, 1.165) is 25.8 Å². The van der Waals surface area contributed by atoms with Gasteiger partial charge in [-0.15, -0.1) is 0 Å². The molecule has 0 aliphatic rings. The lowest BCUT2D eigenvalue weighted by atomic mass is 10.1. The molecule has 0 aromatic heterocycles. The van der Waals surface area contributed by atoms with Crippen LogP contribution in [0.2, 0.25) is 0 Å². The monoisotopic (exact) mass is 411 g/mol. The van der Waals surface area contributed by atoms with Crippen molar-refractivity contribution in [3.05, 3.63) is 0 Å². The number of nitrogens with one attached hydrogen (secondary N) is 1. The quantitative estimate of drug-likeness (QED) is 0.180. The molecule has 0 radical (unpaired) electrons. The fraction of sp³-hybridized carbons (Fsp3) is 0.963. The number of rotatable bonds is 22. The van der Waals surface area contributed by atoms with Crippen LogP contribution < -0.4 is 5.32 Å². The molecule has 1 N–H and O–H groups in total. The summed E-state index contributed by atoms with van der Waals surface area (Å²) in [6, 6.07) is 0. The summed E-state index contributed by atoms with van der Waals surface area (Å²) in [5.41, 5.74) is 0. The first-order valence-corrected chi connectivity index (χ1v) is 13.4. The first-order chi connectivity index (χ1) is 14.2. The van der Waals surface area contributed by atoms with Crippen molar-refractivity contribution in [1.29, 1.82) is 0 Å². The molecule has 0 spiro atoms. The van der Waals surface area contributed by atoms with Crippen LogP contribution in [-0.2, 0) is 4.79 Å². The van der Waals surface area contributed by atoms with E-state index in [1.807, 2.05) is 0 Å². The highest BCUT2D eigenvalue weighted by molar-refractivity contribution is 5.80. The molecule has 0 aromatic rings. The van der Waals surface area contributed by atoms with Crippen LogP contribution in [0.4, 0.5) is 0 Å². The molecule has 0 atom stereocenters. The average molecular weight is 412 g/mol. The zero-order valence-electron chi connectivity index (χ0n) is 21.0. The van der Waals surface area contributed by atoms with E-state index < -0.39 is 0 Å². The standard InChI is InChI=1S/C14H30.C13H27NO/c1-3-5-7-9-11-13-14-12-10-8-6-4-2;1-3-5-7-8-9-11-14-12-13(15)10-6-4-2/h3-14H2,1-2H3;14H,3-12H2,1-2H3. The van der Waals surface area contributed by atoms with Crippen LogP contribution in [0.15, 0.2) is 0 Å². The molecule has 0 aromatic carbocycles. The molecule has 0 heterocycles. The highest BCUT2D eigenvalue weighted by Gasteiger charge is 1.99. The molecule has 0 unspecified atom stereocenters. The summed E-state index contributed by atoms with van der Waals surface area (Å²) >= 11 is 0. The minimum absolute atomic E-state index is 0.366. The predicted molar refractivity (Wildman–Crippen MR) is 133 cm³/mol. The Balaban J connectivity index is 0. The Morgan fingerprint density at radius 1 is 0.483 bits per heavy atom. The summed E-state index contributed by atoms with van der Waals surface area (Å²) in [6.45, 7) is 10.5. The first kappa shape index (κ1) is 30.8. The van der Waals surface area contributed by atoms with Crippen molar-refractivity contribution < 1.29 is 4.79 Å². The highest BCUT2D eigenvalue weighted by atomic mass is 16.1. The second kappa shape index (κ2) is 29.8. The van der Waals surface area contributed by atoms with Crippen LogP contribution in [0, 0.1) is 0 Å². The molecule has 0 amide bonds. The minimum Gasteiger partial charge on any atom is -0.310 e. The predicted octanol–water partition coefficient (Wildman–Crippen LogP) is 9.01. The van der Waals surface area contributed by atoms with Crippen LogP contribution in [0.1, 0.15) is 156 Å². The second-order valence-corrected chi connectivity index (χ2v) is 8.77. The molecular weight excluding hydrogens is 354 g/mol. The van der Waals surface area contributed by atoms with E-state index in [9.17, 15) is 4.79 Å². The minimum atomic E-state index is 0.366. The molecule has 29 heavy (non-hydrogen) atoms. The van der Waals surface area contributed by atoms with Gasteiger partial charge >= 0.3 is 0 Å². The van der Waals surface area contributed by atoms with Gasteiger partial charge < -0.3 is 5.32 Å². The Labute approximate surface area is 185 Å². The van der Waals surface area contributed by atoms with Gasteiger partial charge in [-0.1, -0.05) is 137 Å². The van der Waals surface area contributed by atoms with Crippen molar-refractivity contribution in [1.82, 2.24) is 5.32 Å². The Morgan fingerprint density at radius 3 is 1.21 bits per heavy atom. The maximum atomic E-state index is 11.3. The molecular formula is C27H57NO. The van der Waals surface area contributed by atoms with Gasteiger partial charge in [0.1, 0.15) is 5.78 Å². The number of ketones is 1. The first-order valence-electron chi connectivity index (χ1n) is 13.4. The van der Waals surface area contributed by atoms with E-state index >= 15 is 0 Å². The van der Waals surface area contributed by atoms with Crippen molar-refractivity contribution in [2.24, 2.45) is 0 Å². The SMILES string of the molecule is CCCCCCCCCCCCCC.CCCCCCCNCC(=O)CCCC. The third-order valence-electron chi connectivity index (χ3n) is 5.55. The van der Waals surface area contributed by atoms with Crippen LogP contribution in [0.3, 0.4) is 0 Å². The summed E-state index contributed by atoms with van der Waals surface area (Å²) in [7, 11) is 0. The van der Waals surface area contributed by atoms with Crippen molar-refractivity contribution in [3.63, 3.8) is 0 Å². The third kappa shape index (κ3) is 32.5. The second-order valence-electron chi connectivity index (χ2n) is 8.77. The average Bonchev–Trinajstić information content (AvgIpc) is 2.73. The molecule has 0 aliphatic carbocycles. The molecule has 2 heteroatoms. The molecule has 0 rings (SSSR count). The molecule has 0 fully saturated rings. The lowest BCUT2D eigenvalue weighted by Crippen LogP contribution is -2.23. The number of hydrogen-bond acceptors (Lipinski definition) is 2. The fourth-order valence-corrected chi connectivity index (χ4v) is 3.46. The van der Waals surface area contributed by atoms with Crippen molar-refractivity contribution in [2.45, 2.75) is 156 Å². The number of Topliss-reactive ketones (excluding diaryl/α,β-unsaturated/α-hetero) is 1. The van der Waals surface area contributed by atoms with Gasteiger partial charge in [-0.2, -0.15) is 0 Å². The molecule has 0 aliphatic heterocycles. The van der Waals surface area contributed by atoms with Gasteiger partial charge in [-0.25, -0.2) is 0 Å². The molecule has 0 saturated carbocycles. The Kier molecular flexibility index (Phi) is 31.7. The van der Waals surface area contributed by atoms with E-state index in [0.29, 0.717) is 12.3 Å². The number of carbonyl (C=O) groups is 1. The fourth-order valence-electron chi connectivity index (χ4n) is 3.46. The Hall–Kier alpha value is -0.370. The van der Waals surface area contributed by atoms with Gasteiger partial charge in [-0.05, 0) is 19.4 Å². The summed E-state index contributed by atoms with van der Waals surface area (Å²) in [4.78, 5) is 11.3. The van der Waals surface area contributed by atoms with Gasteiger partial charge in [-0.3, -0.25) is 4.79 Å². The van der Waals surface area contributed by atoms with Gasteiger partial charge in [0.2, 0.25) is 0 Å². The van der Waals surface area contributed by atoms with E-state index in [1.165, 1.54) is 109 Å². The van der Waals surface area contributed by atoms with Crippen LogP contribution in [0.25, 0.3) is 0 Å².